The summed E-state index contributed by atoms with van der Waals surface area (Å²) in [7, 11) is 1.56. The van der Waals surface area contributed by atoms with Crippen LogP contribution in [-0.4, -0.2) is 70.8 Å². The van der Waals surface area contributed by atoms with Crippen LogP contribution in [0.1, 0.15) is 22.7 Å². The number of ether oxygens (including phenoxy) is 1. The van der Waals surface area contributed by atoms with Crippen LogP contribution in [0.2, 0.25) is 10.0 Å². The number of carbonyl (C=O) groups excluding carboxylic acids is 3. The number of rotatable bonds is 7. The van der Waals surface area contributed by atoms with Crippen molar-refractivity contribution in [3.8, 4) is 5.75 Å². The predicted molar refractivity (Wildman–Crippen MR) is 151 cm³/mol. The van der Waals surface area contributed by atoms with E-state index in [0.717, 1.165) is 10.6 Å². The predicted octanol–water partition coefficient (Wildman–Crippen LogP) is 4.61. The number of benzene rings is 3. The van der Waals surface area contributed by atoms with Gasteiger partial charge in [-0.15, -0.1) is 0 Å². The van der Waals surface area contributed by atoms with Gasteiger partial charge in [-0.05, 0) is 41.0 Å². The van der Waals surface area contributed by atoms with Crippen molar-refractivity contribution in [1.82, 2.24) is 25.1 Å². The second-order valence-corrected chi connectivity index (χ2v) is 10.5. The van der Waals surface area contributed by atoms with Crippen LogP contribution in [0.15, 0.2) is 72.8 Å². The highest BCUT2D eigenvalue weighted by atomic mass is 35.5. The lowest BCUT2D eigenvalue weighted by atomic mass is 9.98. The number of nitrogens with zero attached hydrogens (tertiary/aromatic N) is 4. The van der Waals surface area contributed by atoms with Gasteiger partial charge in [-0.2, -0.15) is 5.01 Å². The Labute approximate surface area is 246 Å². The Bertz CT molecular complexity index is 1430. The molecule has 0 saturated carbocycles. The van der Waals surface area contributed by atoms with Crippen LogP contribution >= 0.6 is 23.2 Å². The molecule has 2 fully saturated rings. The molecule has 0 bridgehead atoms. The minimum Gasteiger partial charge on any atom is -0.497 e. The third-order valence-electron chi connectivity index (χ3n) is 7.14. The zero-order valence-corrected chi connectivity index (χ0v) is 23.7. The summed E-state index contributed by atoms with van der Waals surface area (Å²) in [5.74, 6) is -0.0998. The molecule has 9 nitrogen and oxygen atoms in total. The maximum absolute atomic E-state index is 14.3. The average molecular weight is 600 g/mol. The number of fused-ring (bicyclic) bond motifs is 1. The molecule has 0 aromatic heterocycles. The molecule has 5 rings (SSSR count). The number of amides is 4. The number of urea groups is 1. The van der Waals surface area contributed by atoms with Crippen LogP contribution < -0.4 is 10.1 Å². The number of hydrazine groups is 1. The molecular weight excluding hydrogens is 572 g/mol. The number of hydrogen-bond donors (Lipinski definition) is 1. The van der Waals surface area contributed by atoms with E-state index in [-0.39, 0.29) is 25.5 Å². The molecule has 2 heterocycles. The fraction of sp³-hybridized carbons (Fsp3) is 0.276. The minimum atomic E-state index is -1.07. The highest BCUT2D eigenvalue weighted by Gasteiger charge is 2.52. The van der Waals surface area contributed by atoms with Crippen molar-refractivity contribution in [2.75, 3.05) is 27.0 Å². The summed E-state index contributed by atoms with van der Waals surface area (Å²) in [6.45, 7) is -1.20. The van der Waals surface area contributed by atoms with E-state index in [1.807, 2.05) is 18.2 Å². The molecular formula is C29H28Cl2FN5O4. The first-order valence-electron chi connectivity index (χ1n) is 12.9. The van der Waals surface area contributed by atoms with Crippen molar-refractivity contribution in [2.24, 2.45) is 0 Å². The maximum atomic E-state index is 14.3. The van der Waals surface area contributed by atoms with Gasteiger partial charge in [0.1, 0.15) is 24.5 Å². The number of piperazine rings is 1. The van der Waals surface area contributed by atoms with Crippen molar-refractivity contribution >= 4 is 41.0 Å². The molecule has 1 N–H and O–H groups in total. The molecule has 0 aliphatic carbocycles. The van der Waals surface area contributed by atoms with E-state index >= 15 is 0 Å². The molecule has 4 amide bonds. The molecule has 3 aromatic rings. The Morgan fingerprint density at radius 3 is 2.37 bits per heavy atom. The lowest BCUT2D eigenvalue weighted by Gasteiger charge is -2.54. The van der Waals surface area contributed by atoms with Crippen LogP contribution in [0.25, 0.3) is 0 Å². The number of methoxy groups -OCH3 is 1. The number of nitrogens with one attached hydrogen (secondary N) is 1. The van der Waals surface area contributed by atoms with Crippen molar-refractivity contribution in [2.45, 2.75) is 25.3 Å². The summed E-state index contributed by atoms with van der Waals surface area (Å²) in [5, 5.41) is 5.81. The van der Waals surface area contributed by atoms with Gasteiger partial charge in [0.2, 0.25) is 5.91 Å². The third-order valence-corrected chi connectivity index (χ3v) is 7.88. The van der Waals surface area contributed by atoms with Gasteiger partial charge in [-0.1, -0.05) is 71.7 Å². The third kappa shape index (κ3) is 5.95. The summed E-state index contributed by atoms with van der Waals surface area (Å²) >= 11 is 12.3. The zero-order chi connectivity index (χ0) is 29.1. The molecule has 0 unspecified atom stereocenters. The number of carbonyl (C=O) groups is 3. The second kappa shape index (κ2) is 12.3. The molecule has 2 aliphatic heterocycles. The molecule has 2 saturated heterocycles. The van der Waals surface area contributed by atoms with E-state index in [1.54, 1.807) is 66.6 Å². The van der Waals surface area contributed by atoms with Crippen LogP contribution in [-0.2, 0) is 22.7 Å². The van der Waals surface area contributed by atoms with E-state index in [0.29, 0.717) is 26.9 Å². The van der Waals surface area contributed by atoms with Crippen LogP contribution in [0.4, 0.5) is 9.18 Å². The van der Waals surface area contributed by atoms with E-state index < -0.39 is 37.5 Å². The topological polar surface area (TPSA) is 85.4 Å². The van der Waals surface area contributed by atoms with Gasteiger partial charge in [-0.25, -0.2) is 14.2 Å². The fourth-order valence-electron chi connectivity index (χ4n) is 5.15. The molecule has 3 aromatic carbocycles. The lowest BCUT2D eigenvalue weighted by molar-refractivity contribution is -0.196. The average Bonchev–Trinajstić information content (AvgIpc) is 2.99. The van der Waals surface area contributed by atoms with Gasteiger partial charge >= 0.3 is 6.03 Å². The molecule has 2 aliphatic rings. The first-order chi connectivity index (χ1) is 19.8. The van der Waals surface area contributed by atoms with E-state index in [9.17, 15) is 18.8 Å². The summed E-state index contributed by atoms with van der Waals surface area (Å²) in [5.41, 5.74) is 2.10. The molecule has 2 atom stereocenters. The monoisotopic (exact) mass is 599 g/mol. The SMILES string of the molecule is COc1ccc(CNC(=O)N2[C@H]3CN(Cc4ccc(Cl)c(Cl)c4)C(=O)[C@H](c4ccccc4)N3C(=O)CN2CF)cc1. The first kappa shape index (κ1) is 28.7. The summed E-state index contributed by atoms with van der Waals surface area (Å²) in [4.78, 5) is 43.9. The van der Waals surface area contributed by atoms with E-state index in [2.05, 4.69) is 5.32 Å². The number of alkyl halides is 1. The quantitative estimate of drug-likeness (QED) is 0.401. The number of hydrogen-bond acceptors (Lipinski definition) is 5. The van der Waals surface area contributed by atoms with Crippen LogP contribution in [0.3, 0.4) is 0 Å². The van der Waals surface area contributed by atoms with Gasteiger partial charge in [0, 0.05) is 13.1 Å². The van der Waals surface area contributed by atoms with Crippen molar-refractivity contribution in [1.29, 1.82) is 0 Å². The van der Waals surface area contributed by atoms with Gasteiger partial charge in [0.15, 0.2) is 6.80 Å². The zero-order valence-electron chi connectivity index (χ0n) is 22.2. The Morgan fingerprint density at radius 1 is 1.00 bits per heavy atom. The van der Waals surface area contributed by atoms with Gasteiger partial charge < -0.3 is 19.9 Å². The Balaban J connectivity index is 1.47. The Hall–Kier alpha value is -3.86. The molecule has 12 heteroatoms. The molecule has 41 heavy (non-hydrogen) atoms. The van der Waals surface area contributed by atoms with Crippen LogP contribution in [0.5, 0.6) is 5.75 Å². The number of halogens is 3. The summed E-state index contributed by atoms with van der Waals surface area (Å²) in [6, 6.07) is 19.5. The standard InChI is InChI=1S/C29H28Cl2FN5O4/c1-41-22-10-7-19(8-11-22)14-33-29(40)37-25-16-34(15-20-9-12-23(30)24(31)13-20)28(39)27(21-5-3-2-4-6-21)36(25)26(38)17-35(37)18-32/h2-13,25,27H,14-18H2,1H3,(H,33,40)/t25-,27-/m0/s1. The fourth-order valence-corrected chi connectivity index (χ4v) is 5.47. The van der Waals surface area contributed by atoms with Crippen LogP contribution in [0, 0.1) is 0 Å². The van der Waals surface area contributed by atoms with E-state index in [1.165, 1.54) is 9.91 Å². The van der Waals surface area contributed by atoms with Gasteiger partial charge in [0.05, 0.1) is 23.7 Å². The van der Waals surface area contributed by atoms with Crippen molar-refractivity contribution in [3.05, 3.63) is 99.5 Å². The van der Waals surface area contributed by atoms with Gasteiger partial charge in [-0.3, -0.25) is 9.59 Å². The maximum Gasteiger partial charge on any atom is 0.334 e. The van der Waals surface area contributed by atoms with Gasteiger partial charge in [0.25, 0.3) is 5.91 Å². The normalized spacial score (nSPS) is 19.3. The first-order valence-corrected chi connectivity index (χ1v) is 13.7. The smallest absolute Gasteiger partial charge is 0.334 e. The minimum absolute atomic E-state index is 0.0411. The second-order valence-electron chi connectivity index (χ2n) is 9.70. The van der Waals surface area contributed by atoms with Crippen molar-refractivity contribution in [3.63, 3.8) is 0 Å². The Morgan fingerprint density at radius 2 is 1.71 bits per heavy atom. The molecule has 0 spiro atoms. The molecule has 214 valence electrons. The highest BCUT2D eigenvalue weighted by Crippen LogP contribution is 2.36. The summed E-state index contributed by atoms with van der Waals surface area (Å²) in [6.07, 6.45) is -0.964. The highest BCUT2D eigenvalue weighted by molar-refractivity contribution is 6.42. The lowest BCUT2D eigenvalue weighted by Crippen LogP contribution is -2.74. The van der Waals surface area contributed by atoms with E-state index in [4.69, 9.17) is 27.9 Å². The molecule has 0 radical (unpaired) electrons. The summed E-state index contributed by atoms with van der Waals surface area (Å²) < 4.78 is 19.5. The Kier molecular flexibility index (Phi) is 8.63. The largest absolute Gasteiger partial charge is 0.497 e. The van der Waals surface area contributed by atoms with Crippen molar-refractivity contribution < 1.29 is 23.5 Å².